The third kappa shape index (κ3) is 2.33. The van der Waals surface area contributed by atoms with E-state index >= 15 is 0 Å². The van der Waals surface area contributed by atoms with Crippen LogP contribution < -0.4 is 15.0 Å². The first-order chi connectivity index (χ1) is 12.0. The second kappa shape index (κ2) is 5.67. The summed E-state index contributed by atoms with van der Waals surface area (Å²) >= 11 is 4.37. The molecule has 0 fully saturated rings. The lowest BCUT2D eigenvalue weighted by molar-refractivity contribution is 0.0703. The molecule has 0 saturated heterocycles. The number of aromatic carboxylic acids is 1. The summed E-state index contributed by atoms with van der Waals surface area (Å²) in [7, 11) is 1.53. The second-order valence-corrected chi connectivity index (χ2v) is 6.93. The standard InChI is InChI=1S/C15H9BrN4O4S/c1-24-8-4-6(2-3-7(8)16)20-12-9-10(19-15(20)23)11(14(21)22)25-13(9)18-5-17-12/h2-5H,1H3,(H,19,23)(H,21,22). The van der Waals surface area contributed by atoms with Crippen LogP contribution in [0.15, 0.2) is 29.0 Å². The number of methoxy groups -OCH3 is 1. The Hall–Kier alpha value is -2.72. The molecule has 0 unspecified atom stereocenters. The number of benzene rings is 1. The molecule has 4 rings (SSSR count). The Morgan fingerprint density at radius 2 is 2.20 bits per heavy atom. The number of carboxylic acid groups (broad SMARTS) is 1. The number of nitrogens with zero attached hydrogens (tertiary/aromatic N) is 3. The van der Waals surface area contributed by atoms with Gasteiger partial charge in [0, 0.05) is 6.07 Å². The first-order valence-electron chi connectivity index (χ1n) is 6.96. The maximum Gasteiger partial charge on any atom is 0.348 e. The summed E-state index contributed by atoms with van der Waals surface area (Å²) in [5, 5.41) is 12.5. The van der Waals surface area contributed by atoms with Crippen LogP contribution in [-0.4, -0.2) is 34.2 Å². The highest BCUT2D eigenvalue weighted by molar-refractivity contribution is 9.10. The van der Waals surface area contributed by atoms with Crippen LogP contribution in [0.4, 0.5) is 22.0 Å². The zero-order chi connectivity index (χ0) is 17.7. The van der Waals surface area contributed by atoms with Gasteiger partial charge in [0.05, 0.1) is 28.3 Å². The zero-order valence-corrected chi connectivity index (χ0v) is 15.0. The Morgan fingerprint density at radius 3 is 2.92 bits per heavy atom. The molecule has 3 heterocycles. The molecule has 25 heavy (non-hydrogen) atoms. The fourth-order valence-electron chi connectivity index (χ4n) is 2.64. The van der Waals surface area contributed by atoms with Crippen LogP contribution in [0.1, 0.15) is 9.67 Å². The smallest absolute Gasteiger partial charge is 0.348 e. The zero-order valence-electron chi connectivity index (χ0n) is 12.6. The molecular formula is C15H9BrN4O4S. The van der Waals surface area contributed by atoms with Gasteiger partial charge in [0.15, 0.2) is 5.82 Å². The molecule has 1 aliphatic rings. The minimum atomic E-state index is -1.12. The quantitative estimate of drug-likeness (QED) is 0.666. The van der Waals surface area contributed by atoms with E-state index in [9.17, 15) is 14.7 Å². The number of aromatic nitrogens is 2. The Balaban J connectivity index is 1.97. The fourth-order valence-corrected chi connectivity index (χ4v) is 3.98. The van der Waals surface area contributed by atoms with Crippen LogP contribution in [0, 0.1) is 0 Å². The average molecular weight is 421 g/mol. The maximum absolute atomic E-state index is 12.7. The largest absolute Gasteiger partial charge is 0.495 e. The summed E-state index contributed by atoms with van der Waals surface area (Å²) in [6.07, 6.45) is 1.31. The Kier molecular flexibility index (Phi) is 3.58. The van der Waals surface area contributed by atoms with Gasteiger partial charge < -0.3 is 15.2 Å². The van der Waals surface area contributed by atoms with Crippen LogP contribution in [0.25, 0.3) is 10.2 Å². The molecule has 8 nitrogen and oxygen atoms in total. The summed E-state index contributed by atoms with van der Waals surface area (Å²) in [5.41, 5.74) is 0.764. The van der Waals surface area contributed by atoms with Crippen molar-refractivity contribution in [2.75, 3.05) is 17.3 Å². The predicted octanol–water partition coefficient (Wildman–Crippen LogP) is 3.84. The molecule has 0 aliphatic carbocycles. The number of amides is 2. The van der Waals surface area contributed by atoms with Crippen molar-refractivity contribution in [2.45, 2.75) is 0 Å². The van der Waals surface area contributed by atoms with Crippen LogP contribution in [0.3, 0.4) is 0 Å². The highest BCUT2D eigenvalue weighted by atomic mass is 79.9. The van der Waals surface area contributed by atoms with Crippen LogP contribution >= 0.6 is 27.3 Å². The van der Waals surface area contributed by atoms with E-state index in [1.807, 2.05) is 0 Å². The fraction of sp³-hybridized carbons (Fsp3) is 0.0667. The van der Waals surface area contributed by atoms with Crippen molar-refractivity contribution in [1.82, 2.24) is 9.97 Å². The summed E-state index contributed by atoms with van der Waals surface area (Å²) in [5.74, 6) is -0.238. The SMILES string of the molecule is COc1cc(N2C(=O)Nc3c(C(=O)O)sc4ncnc2c34)ccc1Br. The molecule has 0 saturated carbocycles. The molecule has 1 aliphatic heterocycles. The number of carboxylic acids is 1. The number of thiophene rings is 1. The van der Waals surface area contributed by atoms with E-state index in [0.717, 1.165) is 15.8 Å². The normalized spacial score (nSPS) is 13.0. The van der Waals surface area contributed by atoms with Crippen molar-refractivity contribution < 1.29 is 19.4 Å². The van der Waals surface area contributed by atoms with E-state index < -0.39 is 12.0 Å². The lowest BCUT2D eigenvalue weighted by Gasteiger charge is -2.27. The lowest BCUT2D eigenvalue weighted by atomic mass is 10.2. The van der Waals surface area contributed by atoms with Crippen molar-refractivity contribution in [3.05, 3.63) is 33.9 Å². The molecule has 2 aromatic heterocycles. The van der Waals surface area contributed by atoms with Crippen molar-refractivity contribution in [3.8, 4) is 5.75 Å². The van der Waals surface area contributed by atoms with Gasteiger partial charge in [-0.05, 0) is 28.1 Å². The summed E-state index contributed by atoms with van der Waals surface area (Å²) < 4.78 is 6.02. The molecule has 126 valence electrons. The molecule has 0 atom stereocenters. The van der Waals surface area contributed by atoms with Gasteiger partial charge in [0.2, 0.25) is 0 Å². The van der Waals surface area contributed by atoms with Gasteiger partial charge in [0.25, 0.3) is 0 Å². The maximum atomic E-state index is 12.7. The van der Waals surface area contributed by atoms with Gasteiger partial charge in [-0.2, -0.15) is 0 Å². The molecule has 1 aromatic carbocycles. The van der Waals surface area contributed by atoms with E-state index in [4.69, 9.17) is 4.74 Å². The van der Waals surface area contributed by atoms with E-state index in [1.54, 1.807) is 18.2 Å². The third-order valence-corrected chi connectivity index (χ3v) is 5.44. The number of hydrogen-bond donors (Lipinski definition) is 2. The molecule has 2 amide bonds. The number of hydrogen-bond acceptors (Lipinski definition) is 6. The van der Waals surface area contributed by atoms with E-state index in [1.165, 1.54) is 18.3 Å². The monoisotopic (exact) mass is 420 g/mol. The van der Waals surface area contributed by atoms with E-state index in [0.29, 0.717) is 27.5 Å². The summed E-state index contributed by atoms with van der Waals surface area (Å²) in [6, 6.07) is 4.67. The van der Waals surface area contributed by atoms with Crippen LogP contribution in [-0.2, 0) is 0 Å². The number of nitrogens with one attached hydrogen (secondary N) is 1. The molecule has 10 heteroatoms. The summed E-state index contributed by atoms with van der Waals surface area (Å²) in [6.45, 7) is 0. The highest BCUT2D eigenvalue weighted by Crippen LogP contribution is 2.45. The minimum Gasteiger partial charge on any atom is -0.495 e. The van der Waals surface area contributed by atoms with Gasteiger partial charge in [-0.25, -0.2) is 24.5 Å². The first kappa shape index (κ1) is 15.8. The van der Waals surface area contributed by atoms with Gasteiger partial charge in [0.1, 0.15) is 21.8 Å². The van der Waals surface area contributed by atoms with Crippen molar-refractivity contribution in [2.24, 2.45) is 0 Å². The van der Waals surface area contributed by atoms with E-state index in [2.05, 4.69) is 31.2 Å². The second-order valence-electron chi connectivity index (χ2n) is 5.07. The Morgan fingerprint density at radius 1 is 1.40 bits per heavy atom. The van der Waals surface area contributed by atoms with Crippen LogP contribution in [0.2, 0.25) is 0 Å². The van der Waals surface area contributed by atoms with Gasteiger partial charge in [-0.1, -0.05) is 0 Å². The minimum absolute atomic E-state index is 0.0261. The number of carbonyl (C=O) groups excluding carboxylic acids is 1. The van der Waals surface area contributed by atoms with Gasteiger partial charge in [-0.3, -0.25) is 0 Å². The Bertz CT molecular complexity index is 1050. The first-order valence-corrected chi connectivity index (χ1v) is 8.57. The molecule has 0 radical (unpaired) electrons. The number of halogens is 1. The third-order valence-electron chi connectivity index (χ3n) is 3.70. The average Bonchev–Trinajstić information content (AvgIpc) is 2.96. The van der Waals surface area contributed by atoms with E-state index in [-0.39, 0.29) is 10.6 Å². The molecule has 0 bridgehead atoms. The predicted molar refractivity (Wildman–Crippen MR) is 96.2 cm³/mol. The van der Waals surface area contributed by atoms with Crippen molar-refractivity contribution >= 4 is 66.7 Å². The van der Waals surface area contributed by atoms with Gasteiger partial charge >= 0.3 is 12.0 Å². The number of urea groups is 1. The molecular weight excluding hydrogens is 412 g/mol. The van der Waals surface area contributed by atoms with Crippen molar-refractivity contribution in [3.63, 3.8) is 0 Å². The highest BCUT2D eigenvalue weighted by Gasteiger charge is 2.33. The Labute approximate surface area is 153 Å². The molecule has 3 aromatic rings. The van der Waals surface area contributed by atoms with Crippen molar-refractivity contribution in [1.29, 1.82) is 0 Å². The lowest BCUT2D eigenvalue weighted by Crippen LogP contribution is -2.34. The number of rotatable bonds is 3. The molecule has 2 N–H and O–H groups in total. The molecule has 0 spiro atoms. The van der Waals surface area contributed by atoms with Gasteiger partial charge in [-0.15, -0.1) is 11.3 Å². The number of ether oxygens (including phenoxy) is 1. The number of carbonyl (C=O) groups is 2. The summed E-state index contributed by atoms with van der Waals surface area (Å²) in [4.78, 5) is 34.3. The topological polar surface area (TPSA) is 105 Å². The number of anilines is 3. The van der Waals surface area contributed by atoms with Crippen LogP contribution in [0.5, 0.6) is 5.75 Å².